The number of anilines is 2. The molecule has 70 heavy (non-hydrogen) atoms. The van der Waals surface area contributed by atoms with Crippen LogP contribution < -0.4 is 72.2 Å². The van der Waals surface area contributed by atoms with Gasteiger partial charge in [-0.05, 0) is 112 Å². The summed E-state index contributed by atoms with van der Waals surface area (Å²) in [5.74, 6) is -3.71. The van der Waals surface area contributed by atoms with Crippen molar-refractivity contribution < 1.29 is 94.7 Å². The average Bonchev–Trinajstić information content (AvgIpc) is 3.92. The van der Waals surface area contributed by atoms with Crippen molar-refractivity contribution >= 4 is 35.3 Å². The van der Waals surface area contributed by atoms with E-state index in [4.69, 9.17) is 10.7 Å². The molecule has 4 atom stereocenters. The van der Waals surface area contributed by atoms with Crippen LogP contribution >= 0.6 is 0 Å². The van der Waals surface area contributed by atoms with Crippen LogP contribution in [0.2, 0.25) is 0 Å². The van der Waals surface area contributed by atoms with Crippen molar-refractivity contribution in [1.82, 2.24) is 24.4 Å². The van der Waals surface area contributed by atoms with Gasteiger partial charge in [-0.15, -0.1) is 0 Å². The Morgan fingerprint density at radius 2 is 1.13 bits per heavy atom. The number of carbonyl (C=O) groups is 4. The van der Waals surface area contributed by atoms with Gasteiger partial charge in [0.2, 0.25) is 0 Å². The minimum atomic E-state index is -1.16. The Morgan fingerprint density at radius 1 is 0.671 bits per heavy atom. The molecule has 2 aliphatic carbocycles. The molecule has 8 rings (SSSR count). The van der Waals surface area contributed by atoms with Gasteiger partial charge in [0.1, 0.15) is 11.6 Å². The topological polar surface area (TPSA) is 169 Å². The summed E-state index contributed by atoms with van der Waals surface area (Å²) in [7, 11) is 0. The maximum Gasteiger partial charge on any atom is 1.00 e. The summed E-state index contributed by atoms with van der Waals surface area (Å²) < 4.78 is 57.8. The van der Waals surface area contributed by atoms with E-state index >= 15 is 0 Å². The molecule has 4 N–H and O–H groups in total. The average molecular weight is 1000 g/mol. The number of carboxylic acids is 1. The third-order valence-corrected chi connectivity index (χ3v) is 13.9. The van der Waals surface area contributed by atoms with Crippen molar-refractivity contribution in [2.75, 3.05) is 22.9 Å². The first-order chi connectivity index (χ1) is 33.1. The second-order valence-corrected chi connectivity index (χ2v) is 19.1. The summed E-state index contributed by atoms with van der Waals surface area (Å²) in [6.45, 7) is 10.2. The van der Waals surface area contributed by atoms with Gasteiger partial charge < -0.3 is 26.7 Å². The standard InChI is InChI=1S/C26H34F2N4O2.C19H21F2N3O3.C7H15N.K.H/c1-3-4-14-32(26(34)18-12-13-19(27)20(28)16-18)24-23(31-15-8-7-11-22(31)30-24)25(33)29-21-10-6-5-9-17(21)2;1-2-3-9-24(18(25)12-7-8-13(20)14(21)11-12)17-16(19(26)27)23-10-5-4-6-15(23)22-17;1-6-4-2-3-5-7(6)8;;/h12-13,16-17,21H,3-11,14-15H2,1-2H3,(H,29,33);7-8,11H,2-6,9-10H2,1H3,(H,26,27);6-7H,2-5,8H2,1H3;;/q;;;+1;-1. The number of imidazole rings is 2. The van der Waals surface area contributed by atoms with Gasteiger partial charge in [-0.2, -0.15) is 0 Å². The molecule has 2 aliphatic heterocycles. The molecule has 378 valence electrons. The van der Waals surface area contributed by atoms with Crippen LogP contribution in [-0.4, -0.2) is 73.1 Å². The van der Waals surface area contributed by atoms with E-state index < -0.39 is 41.1 Å². The van der Waals surface area contributed by atoms with Crippen molar-refractivity contribution in [2.24, 2.45) is 17.6 Å². The molecule has 4 unspecified atom stereocenters. The number of carbonyl (C=O) groups excluding carboxylic acids is 3. The van der Waals surface area contributed by atoms with Crippen LogP contribution in [0.1, 0.15) is 185 Å². The van der Waals surface area contributed by atoms with Crippen molar-refractivity contribution in [3.05, 3.63) is 93.8 Å². The first kappa shape index (κ1) is 57.0. The second kappa shape index (κ2) is 27.2. The zero-order chi connectivity index (χ0) is 49.8. The molecule has 4 aliphatic rings. The normalized spacial score (nSPS) is 19.4. The summed E-state index contributed by atoms with van der Waals surface area (Å²) >= 11 is 0. The first-order valence-electron chi connectivity index (χ1n) is 25.2. The SMILES string of the molecule is CC1CCCCC1N.CCCCN(C(=O)c1ccc(F)c(F)c1)c1nc2n(c1C(=O)NC1CCCCC1C)CCCC2.CCCCN(C(=O)c1ccc(F)c(F)c1)c1nc2n(c1C(=O)O)CCCC2.[H-].[K+]. The maximum atomic E-state index is 13.9. The molecule has 2 aromatic carbocycles. The molecule has 18 heteroatoms. The fourth-order valence-electron chi connectivity index (χ4n) is 9.67. The molecule has 0 saturated heterocycles. The van der Waals surface area contributed by atoms with Gasteiger partial charge in [0.25, 0.3) is 17.7 Å². The molecule has 13 nitrogen and oxygen atoms in total. The zero-order valence-corrected chi connectivity index (χ0v) is 44.8. The number of nitrogens with one attached hydrogen (secondary N) is 1. The Balaban J connectivity index is 0.000000264. The third kappa shape index (κ3) is 14.2. The predicted molar refractivity (Wildman–Crippen MR) is 259 cm³/mol. The van der Waals surface area contributed by atoms with Gasteiger partial charge in [0.05, 0.1) is 0 Å². The molecular formula is C52H71F4KN8O5. The summed E-state index contributed by atoms with van der Waals surface area (Å²) in [6, 6.07) is 6.64. The predicted octanol–water partition coefficient (Wildman–Crippen LogP) is 7.54. The van der Waals surface area contributed by atoms with Gasteiger partial charge in [-0.3, -0.25) is 24.2 Å². The van der Waals surface area contributed by atoms with E-state index in [9.17, 15) is 41.8 Å². The quantitative estimate of drug-likeness (QED) is 0.0913. The zero-order valence-electron chi connectivity index (χ0n) is 42.7. The van der Waals surface area contributed by atoms with Crippen molar-refractivity contribution in [3.63, 3.8) is 0 Å². The molecule has 0 radical (unpaired) electrons. The van der Waals surface area contributed by atoms with Crippen LogP contribution in [0, 0.1) is 35.1 Å². The number of amides is 3. The van der Waals surface area contributed by atoms with Crippen LogP contribution in [0.5, 0.6) is 0 Å². The smallest absolute Gasteiger partial charge is 1.00 e. The molecule has 2 fully saturated rings. The molecule has 3 amide bonds. The van der Waals surface area contributed by atoms with Crippen LogP contribution in [0.3, 0.4) is 0 Å². The summed E-state index contributed by atoms with van der Waals surface area (Å²) in [5, 5.41) is 12.9. The number of aryl methyl sites for hydroxylation is 2. The number of halogens is 4. The number of hydrogen-bond acceptors (Lipinski definition) is 7. The number of benzene rings is 2. The molecule has 2 saturated carbocycles. The number of aromatic carboxylic acids is 1. The fourth-order valence-corrected chi connectivity index (χ4v) is 9.67. The number of fused-ring (bicyclic) bond motifs is 2. The van der Waals surface area contributed by atoms with E-state index in [-0.39, 0.29) is 93.9 Å². The van der Waals surface area contributed by atoms with Crippen LogP contribution in [0.15, 0.2) is 36.4 Å². The molecule has 2 aromatic heterocycles. The van der Waals surface area contributed by atoms with Crippen molar-refractivity contribution in [3.8, 4) is 0 Å². The Labute approximate surface area is 453 Å². The van der Waals surface area contributed by atoms with Crippen LogP contribution in [-0.2, 0) is 25.9 Å². The van der Waals surface area contributed by atoms with Gasteiger partial charge in [0, 0.05) is 62.2 Å². The van der Waals surface area contributed by atoms with E-state index in [0.29, 0.717) is 68.2 Å². The fraction of sp³-hybridized carbons (Fsp3) is 0.577. The molecule has 4 aromatic rings. The molecule has 4 heterocycles. The van der Waals surface area contributed by atoms with Gasteiger partial charge in [0.15, 0.2) is 46.3 Å². The van der Waals surface area contributed by atoms with Crippen molar-refractivity contribution in [1.29, 1.82) is 0 Å². The largest absolute Gasteiger partial charge is 1.00 e. The summed E-state index contributed by atoms with van der Waals surface area (Å²) in [6.07, 6.45) is 17.6. The van der Waals surface area contributed by atoms with E-state index in [1.807, 2.05) is 18.4 Å². The number of aromatic nitrogens is 4. The summed E-state index contributed by atoms with van der Waals surface area (Å²) in [4.78, 5) is 63.9. The van der Waals surface area contributed by atoms with E-state index in [1.165, 1.54) is 54.0 Å². The number of nitrogens with zero attached hydrogens (tertiary/aromatic N) is 6. The van der Waals surface area contributed by atoms with Gasteiger partial charge in [-0.1, -0.05) is 66.2 Å². The van der Waals surface area contributed by atoms with E-state index in [1.54, 1.807) is 4.57 Å². The Morgan fingerprint density at radius 3 is 1.56 bits per heavy atom. The van der Waals surface area contributed by atoms with Gasteiger partial charge in [-0.25, -0.2) is 32.3 Å². The number of hydrogen-bond donors (Lipinski definition) is 3. The number of nitrogens with two attached hydrogens (primary N) is 1. The number of rotatable bonds is 13. The minimum Gasteiger partial charge on any atom is -1.00 e. The van der Waals surface area contributed by atoms with Crippen molar-refractivity contribution in [2.45, 2.75) is 168 Å². The number of unbranched alkanes of at least 4 members (excludes halogenated alkanes) is 2. The molecule has 0 bridgehead atoms. The first-order valence-corrected chi connectivity index (χ1v) is 25.2. The Bertz CT molecular complexity index is 2430. The van der Waals surface area contributed by atoms with Crippen LogP contribution in [0.25, 0.3) is 0 Å². The second-order valence-electron chi connectivity index (χ2n) is 19.1. The Kier molecular flexibility index (Phi) is 22.1. The Hall–Kier alpha value is -3.94. The minimum absolute atomic E-state index is 0. The number of carboxylic acid groups (broad SMARTS) is 1. The molecular weight excluding hydrogens is 932 g/mol. The van der Waals surface area contributed by atoms with Crippen LogP contribution in [0.4, 0.5) is 29.2 Å². The monoisotopic (exact) mass is 1000 g/mol. The maximum absolute atomic E-state index is 13.9. The van der Waals surface area contributed by atoms with E-state index in [0.717, 1.165) is 100 Å². The third-order valence-electron chi connectivity index (χ3n) is 13.9. The summed E-state index contributed by atoms with van der Waals surface area (Å²) in [5.41, 5.74) is 6.14. The molecule has 0 spiro atoms. The van der Waals surface area contributed by atoms with E-state index in [2.05, 4.69) is 24.1 Å². The van der Waals surface area contributed by atoms with Gasteiger partial charge >= 0.3 is 57.4 Å².